The van der Waals surface area contributed by atoms with Crippen molar-refractivity contribution in [2.45, 2.75) is 9.79 Å². The van der Waals surface area contributed by atoms with Gasteiger partial charge in [0.15, 0.2) is 0 Å². The van der Waals surface area contributed by atoms with E-state index in [2.05, 4.69) is 0 Å². The Balaban J connectivity index is 0. The molecule has 0 atom stereocenters. The van der Waals surface area contributed by atoms with Crippen LogP contribution >= 0.6 is 0 Å². The molecule has 0 unspecified atom stereocenters. The minimum Gasteiger partial charge on any atom is -0.744 e. The standard InChI is InChI=1S/2C7H6O5S.K.Li/c2*8-7(9)5-2-1-3-6(4-5)13(10,11)12;;/h2*1-4H,(H,8,9)(H,10,11,12);;/q;;2*+1/p-2. The maximum atomic E-state index is 10.5. The summed E-state index contributed by atoms with van der Waals surface area (Å²) >= 11 is 0. The zero-order chi connectivity index (χ0) is 20.1. The van der Waals surface area contributed by atoms with E-state index in [4.69, 9.17) is 10.2 Å². The zero-order valence-corrected chi connectivity index (χ0v) is 19.4. The molecule has 2 rings (SSSR count). The molecule has 0 aliphatic rings. The number of carbonyl (C=O) groups is 2. The van der Waals surface area contributed by atoms with Gasteiger partial charge < -0.3 is 19.3 Å². The van der Waals surface area contributed by atoms with E-state index in [-0.39, 0.29) is 81.4 Å². The molecule has 2 aromatic rings. The first kappa shape index (κ1) is 29.6. The molecule has 28 heavy (non-hydrogen) atoms. The van der Waals surface area contributed by atoms with Crippen LogP contribution in [0.2, 0.25) is 0 Å². The minimum absolute atomic E-state index is 0. The zero-order valence-electron chi connectivity index (χ0n) is 14.6. The summed E-state index contributed by atoms with van der Waals surface area (Å²) in [5, 5.41) is 17.0. The molecule has 0 spiro atoms. The van der Waals surface area contributed by atoms with Crippen LogP contribution < -0.4 is 70.2 Å². The van der Waals surface area contributed by atoms with E-state index >= 15 is 0 Å². The van der Waals surface area contributed by atoms with Crippen LogP contribution in [0.25, 0.3) is 0 Å². The maximum Gasteiger partial charge on any atom is 1.00 e. The van der Waals surface area contributed by atoms with Crippen molar-refractivity contribution in [3.8, 4) is 0 Å². The molecule has 0 fully saturated rings. The van der Waals surface area contributed by atoms with Gasteiger partial charge in [-0.15, -0.1) is 0 Å². The van der Waals surface area contributed by atoms with Gasteiger partial charge in [-0.25, -0.2) is 26.4 Å². The Morgan fingerprint density at radius 2 is 1.00 bits per heavy atom. The molecular formula is C14H10KLiO10S2. The third-order valence-corrected chi connectivity index (χ3v) is 4.40. The van der Waals surface area contributed by atoms with E-state index in [1.807, 2.05) is 0 Å². The molecular weight excluding hydrogens is 438 g/mol. The predicted molar refractivity (Wildman–Crippen MR) is 82.7 cm³/mol. The Bertz CT molecular complexity index is 966. The number of carboxylic acid groups (broad SMARTS) is 2. The minimum atomic E-state index is -4.57. The number of benzene rings is 2. The summed E-state index contributed by atoms with van der Waals surface area (Å²) in [6, 6.07) is 8.56. The smallest absolute Gasteiger partial charge is 0.744 e. The van der Waals surface area contributed by atoms with E-state index in [9.17, 15) is 35.5 Å². The first-order valence-electron chi connectivity index (χ1n) is 6.41. The topological polar surface area (TPSA) is 189 Å². The normalized spacial score (nSPS) is 10.4. The Morgan fingerprint density at radius 3 is 1.21 bits per heavy atom. The summed E-state index contributed by atoms with van der Waals surface area (Å²) in [7, 11) is -9.14. The van der Waals surface area contributed by atoms with Crippen LogP contribution in [0.15, 0.2) is 58.3 Å². The van der Waals surface area contributed by atoms with Crippen LogP contribution in [0.3, 0.4) is 0 Å². The molecule has 0 saturated carbocycles. The second-order valence-electron chi connectivity index (χ2n) is 4.57. The van der Waals surface area contributed by atoms with Gasteiger partial charge in [-0.3, -0.25) is 0 Å². The van der Waals surface area contributed by atoms with Gasteiger partial charge in [0.25, 0.3) is 0 Å². The largest absolute Gasteiger partial charge is 1.00 e. The van der Waals surface area contributed by atoms with Gasteiger partial charge >= 0.3 is 82.2 Å². The van der Waals surface area contributed by atoms with Crippen molar-refractivity contribution in [3.05, 3.63) is 59.7 Å². The van der Waals surface area contributed by atoms with Crippen molar-refractivity contribution in [1.29, 1.82) is 0 Å². The van der Waals surface area contributed by atoms with Gasteiger partial charge in [0.1, 0.15) is 20.2 Å². The van der Waals surface area contributed by atoms with Crippen LogP contribution in [-0.2, 0) is 20.2 Å². The molecule has 0 heterocycles. The fourth-order valence-electron chi connectivity index (χ4n) is 1.57. The Kier molecular flexibility index (Phi) is 12.9. The molecule has 10 nitrogen and oxygen atoms in total. The van der Waals surface area contributed by atoms with Crippen molar-refractivity contribution in [1.82, 2.24) is 0 Å². The summed E-state index contributed by atoms with van der Waals surface area (Å²) in [6.07, 6.45) is 0. The fraction of sp³-hybridized carbons (Fsp3) is 0. The average Bonchev–Trinajstić information content (AvgIpc) is 2.54. The van der Waals surface area contributed by atoms with Gasteiger partial charge in [-0.2, -0.15) is 0 Å². The second-order valence-corrected chi connectivity index (χ2v) is 7.33. The van der Waals surface area contributed by atoms with Crippen molar-refractivity contribution in [3.63, 3.8) is 0 Å². The van der Waals surface area contributed by atoms with Gasteiger partial charge in [0.05, 0.1) is 20.9 Å². The summed E-state index contributed by atoms with van der Waals surface area (Å²) < 4.78 is 62.8. The molecule has 2 N–H and O–H groups in total. The molecule has 0 aliphatic carbocycles. The van der Waals surface area contributed by atoms with Crippen LogP contribution in [-0.4, -0.2) is 48.1 Å². The Morgan fingerprint density at radius 1 is 0.714 bits per heavy atom. The number of carboxylic acids is 2. The van der Waals surface area contributed by atoms with Gasteiger partial charge in [0, 0.05) is 0 Å². The Hall–Kier alpha value is -0.566. The number of aromatic carboxylic acids is 2. The van der Waals surface area contributed by atoms with Crippen LogP contribution in [0, 0.1) is 0 Å². The molecule has 14 heteroatoms. The molecule has 0 bridgehead atoms. The van der Waals surface area contributed by atoms with E-state index in [1.165, 1.54) is 24.3 Å². The van der Waals surface area contributed by atoms with E-state index in [1.54, 1.807) is 0 Å². The first-order chi connectivity index (χ1) is 11.8. The third-order valence-electron chi connectivity index (χ3n) is 2.74. The number of hydrogen-bond acceptors (Lipinski definition) is 8. The Labute approximate surface area is 215 Å². The van der Waals surface area contributed by atoms with E-state index in [0.717, 1.165) is 24.3 Å². The summed E-state index contributed by atoms with van der Waals surface area (Å²) in [5.74, 6) is -2.55. The van der Waals surface area contributed by atoms with Crippen molar-refractivity contribution in [2.75, 3.05) is 0 Å². The van der Waals surface area contributed by atoms with Gasteiger partial charge in [-0.05, 0) is 36.4 Å². The van der Waals surface area contributed by atoms with Gasteiger partial charge in [-0.1, -0.05) is 12.1 Å². The number of hydrogen-bond donors (Lipinski definition) is 2. The monoisotopic (exact) mass is 448 g/mol. The van der Waals surface area contributed by atoms with Crippen molar-refractivity contribution >= 4 is 32.2 Å². The predicted octanol–water partition coefficient (Wildman–Crippen LogP) is -5.41. The van der Waals surface area contributed by atoms with Gasteiger partial charge in [0.2, 0.25) is 0 Å². The molecule has 0 aliphatic heterocycles. The van der Waals surface area contributed by atoms with Crippen LogP contribution in [0.5, 0.6) is 0 Å². The molecule has 0 radical (unpaired) electrons. The molecule has 0 amide bonds. The molecule has 140 valence electrons. The molecule has 2 aromatic carbocycles. The second kappa shape index (κ2) is 12.2. The summed E-state index contributed by atoms with van der Waals surface area (Å²) in [5.41, 5.74) is -0.450. The molecule has 0 aromatic heterocycles. The van der Waals surface area contributed by atoms with Crippen molar-refractivity contribution < 1.29 is 116 Å². The first-order valence-corrected chi connectivity index (χ1v) is 9.22. The fourth-order valence-corrected chi connectivity index (χ4v) is 2.60. The SMILES string of the molecule is O=C(O)c1cccc(S(=O)(=O)[O-])c1.O=C(O)c1cccc(S(=O)(=O)[O-])c1.[K+].[Li+]. The number of rotatable bonds is 4. The van der Waals surface area contributed by atoms with Crippen LogP contribution in [0.4, 0.5) is 0 Å². The van der Waals surface area contributed by atoms with E-state index in [0.29, 0.717) is 0 Å². The molecule has 0 saturated heterocycles. The van der Waals surface area contributed by atoms with Crippen molar-refractivity contribution in [2.24, 2.45) is 0 Å². The summed E-state index contributed by atoms with van der Waals surface area (Å²) in [6.45, 7) is 0. The summed E-state index contributed by atoms with van der Waals surface area (Å²) in [4.78, 5) is 19.7. The third kappa shape index (κ3) is 9.76. The maximum absolute atomic E-state index is 10.5. The average molecular weight is 448 g/mol. The van der Waals surface area contributed by atoms with E-state index < -0.39 is 42.0 Å². The quantitative estimate of drug-likeness (QED) is 0.337. The van der Waals surface area contributed by atoms with Crippen LogP contribution in [0.1, 0.15) is 20.7 Å².